The van der Waals surface area contributed by atoms with Gasteiger partial charge in [0, 0.05) is 0 Å². The molecule has 0 aliphatic heterocycles. The van der Waals surface area contributed by atoms with Gasteiger partial charge in [-0.15, -0.1) is 0 Å². The zero-order valence-corrected chi connectivity index (χ0v) is 23.4. The Morgan fingerprint density at radius 2 is 1.07 bits per heavy atom. The van der Waals surface area contributed by atoms with Crippen molar-refractivity contribution in [2.75, 3.05) is 19.8 Å². The lowest BCUT2D eigenvalue weighted by atomic mass is 10.1. The smallest absolute Gasteiger partial charge is 0.345 e. The minimum atomic E-state index is -2.39. The number of rotatable bonds is 16. The molecule has 0 radical (unpaired) electrons. The fourth-order valence-electron chi connectivity index (χ4n) is 3.77. The van der Waals surface area contributed by atoms with Crippen LogP contribution in [0.5, 0.6) is 5.75 Å². The number of carbonyl (C=O) groups excluding carboxylic acids is 2. The second kappa shape index (κ2) is 19.1. The zero-order valence-electron chi connectivity index (χ0n) is 23.4. The average Bonchev–Trinajstić information content (AvgIpc) is 2.99. The van der Waals surface area contributed by atoms with Crippen LogP contribution in [0.25, 0.3) is 0 Å². The van der Waals surface area contributed by atoms with Crippen molar-refractivity contribution in [3.63, 3.8) is 0 Å². The summed E-state index contributed by atoms with van der Waals surface area (Å²) in [5.74, 6) is -4.12. The molecule has 0 fully saturated rings. The molecule has 0 atom stereocenters. The van der Waals surface area contributed by atoms with Crippen LogP contribution in [0.1, 0.15) is 91.8 Å². The molecule has 10 heteroatoms. The van der Waals surface area contributed by atoms with E-state index in [1.54, 1.807) is 24.3 Å². The van der Waals surface area contributed by atoms with Crippen molar-refractivity contribution in [3.8, 4) is 29.4 Å². The van der Waals surface area contributed by atoms with Gasteiger partial charge in [0.1, 0.15) is 11.3 Å². The lowest BCUT2D eigenvalue weighted by Crippen LogP contribution is -2.15. The number of benzene rings is 2. The van der Waals surface area contributed by atoms with Crippen LogP contribution in [0.2, 0.25) is 0 Å². The van der Waals surface area contributed by atoms with E-state index < -0.39 is 53.2 Å². The molecule has 5 nitrogen and oxygen atoms in total. The topological polar surface area (TPSA) is 61.8 Å². The van der Waals surface area contributed by atoms with Gasteiger partial charge in [-0.25, -0.2) is 31.5 Å². The van der Waals surface area contributed by atoms with E-state index in [0.29, 0.717) is 17.9 Å². The van der Waals surface area contributed by atoms with Crippen LogP contribution in [0.3, 0.4) is 0 Å². The Bertz CT molecular complexity index is 1270. The molecule has 0 saturated heterocycles. The number of halogens is 5. The van der Waals surface area contributed by atoms with E-state index >= 15 is 0 Å². The fourth-order valence-corrected chi connectivity index (χ4v) is 3.77. The minimum Gasteiger partial charge on any atom is -0.494 e. The molecule has 0 spiro atoms. The first-order valence-electron chi connectivity index (χ1n) is 13.8. The Labute approximate surface area is 242 Å². The Hall–Kier alpha value is -4.05. The van der Waals surface area contributed by atoms with Crippen LogP contribution in [0.15, 0.2) is 24.3 Å². The molecular weight excluding hydrogens is 559 g/mol. The number of hydrogen-bond donors (Lipinski definition) is 0. The van der Waals surface area contributed by atoms with Crippen molar-refractivity contribution in [1.82, 2.24) is 0 Å². The summed E-state index contributed by atoms with van der Waals surface area (Å²) < 4.78 is 81.7. The van der Waals surface area contributed by atoms with Crippen molar-refractivity contribution >= 4 is 11.9 Å². The zero-order chi connectivity index (χ0) is 30.7. The van der Waals surface area contributed by atoms with E-state index in [-0.39, 0.29) is 6.61 Å². The second-order valence-electron chi connectivity index (χ2n) is 9.26. The molecule has 42 heavy (non-hydrogen) atoms. The summed E-state index contributed by atoms with van der Waals surface area (Å²) in [6.45, 7) is 1.79. The molecule has 2 rings (SSSR count). The third-order valence-corrected chi connectivity index (χ3v) is 6.06. The van der Waals surface area contributed by atoms with Gasteiger partial charge < -0.3 is 14.2 Å². The summed E-state index contributed by atoms with van der Waals surface area (Å²) in [4.78, 5) is 23.8. The average molecular weight is 593 g/mol. The largest absolute Gasteiger partial charge is 0.494 e. The first-order chi connectivity index (χ1) is 20.3. The van der Waals surface area contributed by atoms with Gasteiger partial charge in [0.15, 0.2) is 36.5 Å². The molecule has 0 unspecified atom stereocenters. The van der Waals surface area contributed by atoms with Gasteiger partial charge in [0.05, 0.1) is 12.2 Å². The van der Waals surface area contributed by atoms with Crippen molar-refractivity contribution in [1.29, 1.82) is 0 Å². The number of hydrogen-bond acceptors (Lipinski definition) is 5. The first kappa shape index (κ1) is 34.2. The quantitative estimate of drug-likeness (QED) is 0.0499. The molecule has 0 bridgehead atoms. The highest BCUT2D eigenvalue weighted by Gasteiger charge is 2.30. The van der Waals surface area contributed by atoms with Crippen LogP contribution in [0.4, 0.5) is 22.0 Å². The van der Waals surface area contributed by atoms with Crippen molar-refractivity contribution in [3.05, 3.63) is 64.5 Å². The Morgan fingerprint density at radius 1 is 0.619 bits per heavy atom. The van der Waals surface area contributed by atoms with Crippen molar-refractivity contribution in [2.45, 2.75) is 71.1 Å². The summed E-state index contributed by atoms with van der Waals surface area (Å²) in [6.07, 6.45) is 12.4. The monoisotopic (exact) mass is 592 g/mol. The van der Waals surface area contributed by atoms with Crippen LogP contribution < -0.4 is 4.74 Å². The van der Waals surface area contributed by atoms with Crippen LogP contribution in [0, 0.1) is 52.8 Å². The minimum absolute atomic E-state index is 0.297. The fraction of sp³-hybridized carbons (Fsp3) is 0.438. The molecule has 0 N–H and O–H groups in total. The lowest BCUT2D eigenvalue weighted by Gasteiger charge is -2.07. The number of esters is 2. The summed E-state index contributed by atoms with van der Waals surface area (Å²) in [5, 5.41) is 0. The number of unbranched alkanes of at least 4 members (excludes halogenated alkanes) is 9. The van der Waals surface area contributed by atoms with Gasteiger partial charge in [-0.3, -0.25) is 0 Å². The van der Waals surface area contributed by atoms with Crippen LogP contribution in [-0.2, 0) is 9.47 Å². The van der Waals surface area contributed by atoms with Gasteiger partial charge in [0.2, 0.25) is 5.82 Å². The van der Waals surface area contributed by atoms with Gasteiger partial charge in [0.25, 0.3) is 0 Å². The summed E-state index contributed by atoms with van der Waals surface area (Å²) in [5.41, 5.74) is -1.42. The summed E-state index contributed by atoms with van der Waals surface area (Å²) in [6, 6.07) is 6.50. The SMILES string of the molecule is CCCCCCCCCCCCOc1ccc(C(=O)OCC#CC#CCOC(=O)c2c(F)c(F)c(F)c(F)c2F)cc1. The van der Waals surface area contributed by atoms with Crippen LogP contribution >= 0.6 is 0 Å². The first-order valence-corrected chi connectivity index (χ1v) is 13.8. The molecule has 0 aliphatic rings. The predicted octanol–water partition coefficient (Wildman–Crippen LogP) is 7.70. The molecule has 0 saturated carbocycles. The Balaban J connectivity index is 1.63. The highest BCUT2D eigenvalue weighted by molar-refractivity contribution is 5.90. The van der Waals surface area contributed by atoms with Gasteiger partial charge >= 0.3 is 11.9 Å². The summed E-state index contributed by atoms with van der Waals surface area (Å²) in [7, 11) is 0. The maximum absolute atomic E-state index is 13.6. The number of ether oxygens (including phenoxy) is 3. The van der Waals surface area contributed by atoms with E-state index in [0.717, 1.165) is 12.8 Å². The van der Waals surface area contributed by atoms with E-state index in [9.17, 15) is 31.5 Å². The normalized spacial score (nSPS) is 10.2. The van der Waals surface area contributed by atoms with Crippen molar-refractivity contribution < 1.29 is 45.8 Å². The maximum Gasteiger partial charge on any atom is 0.345 e. The molecule has 2 aromatic rings. The maximum atomic E-state index is 13.6. The molecule has 0 heterocycles. The number of carbonyl (C=O) groups is 2. The third kappa shape index (κ3) is 11.4. The third-order valence-electron chi connectivity index (χ3n) is 6.06. The van der Waals surface area contributed by atoms with Crippen molar-refractivity contribution in [2.24, 2.45) is 0 Å². The molecule has 226 valence electrons. The molecule has 0 aliphatic carbocycles. The molecule has 2 aromatic carbocycles. The van der Waals surface area contributed by atoms with E-state index in [2.05, 4.69) is 35.3 Å². The van der Waals surface area contributed by atoms with Gasteiger partial charge in [-0.2, -0.15) is 0 Å². The standard InChI is InChI=1S/C32H33F5O5/c1-2-3-4-5-6-7-8-9-10-13-20-40-24-18-16-23(17-19-24)31(38)41-21-14-11-12-15-22-42-32(39)25-26(33)28(35)30(37)29(36)27(25)34/h16-19H,2-10,13,20-22H2,1H3. The lowest BCUT2D eigenvalue weighted by molar-refractivity contribution is 0.0537. The molecular formula is C32H33F5O5. The molecule has 0 aromatic heterocycles. The predicted molar refractivity (Wildman–Crippen MR) is 146 cm³/mol. The summed E-state index contributed by atoms with van der Waals surface area (Å²) >= 11 is 0. The second-order valence-corrected chi connectivity index (χ2v) is 9.26. The Morgan fingerprint density at radius 3 is 1.60 bits per heavy atom. The van der Waals surface area contributed by atoms with Gasteiger partial charge in [-0.05, 0) is 54.4 Å². The van der Waals surface area contributed by atoms with E-state index in [1.807, 2.05) is 0 Å². The van der Waals surface area contributed by atoms with Crippen LogP contribution in [-0.4, -0.2) is 31.8 Å². The van der Waals surface area contributed by atoms with E-state index in [4.69, 9.17) is 9.47 Å². The Kier molecular flexibility index (Phi) is 15.6. The highest BCUT2D eigenvalue weighted by atomic mass is 19.2. The van der Waals surface area contributed by atoms with E-state index in [1.165, 1.54) is 51.4 Å². The highest BCUT2D eigenvalue weighted by Crippen LogP contribution is 2.23. The molecule has 0 amide bonds. The van der Waals surface area contributed by atoms with Gasteiger partial charge in [-0.1, -0.05) is 64.7 Å².